The van der Waals surface area contributed by atoms with Crippen LogP contribution in [0.25, 0.3) is 0 Å². The highest BCUT2D eigenvalue weighted by Crippen LogP contribution is 2.40. The number of ether oxygens (including phenoxy) is 2. The molecule has 0 saturated carbocycles. The Kier molecular flexibility index (Phi) is 4.34. The topological polar surface area (TPSA) is 44.5 Å². The summed E-state index contributed by atoms with van der Waals surface area (Å²) >= 11 is 0. The van der Waals surface area contributed by atoms with Gasteiger partial charge in [0.25, 0.3) is 0 Å². The summed E-state index contributed by atoms with van der Waals surface area (Å²) in [5, 5.41) is 0. The molecule has 96 valence electrons. The summed E-state index contributed by atoms with van der Waals surface area (Å²) in [6.07, 6.45) is 0. The van der Waals surface area contributed by atoms with Crippen molar-refractivity contribution in [1.82, 2.24) is 0 Å². The molecule has 0 saturated heterocycles. The summed E-state index contributed by atoms with van der Waals surface area (Å²) in [6, 6.07) is 5.08. The van der Waals surface area contributed by atoms with E-state index in [-0.39, 0.29) is 12.5 Å². The van der Waals surface area contributed by atoms with E-state index in [1.54, 1.807) is 39.2 Å². The van der Waals surface area contributed by atoms with Gasteiger partial charge in [0.05, 0.1) is 14.2 Å². The molecule has 0 aliphatic rings. The van der Waals surface area contributed by atoms with Gasteiger partial charge in [0.1, 0.15) is 11.5 Å². The Morgan fingerprint density at radius 2 is 1.94 bits per heavy atom. The number of halogens is 1. The lowest BCUT2D eigenvalue weighted by Crippen LogP contribution is -2.36. The zero-order valence-corrected chi connectivity index (χ0v) is 10.8. The van der Waals surface area contributed by atoms with Gasteiger partial charge in [-0.3, -0.25) is 0 Å². The average Bonchev–Trinajstić information content (AvgIpc) is 2.36. The molecule has 0 aliphatic heterocycles. The third-order valence-corrected chi connectivity index (χ3v) is 3.07. The molecule has 1 unspecified atom stereocenters. The van der Waals surface area contributed by atoms with Crippen LogP contribution in [-0.2, 0) is 5.67 Å². The summed E-state index contributed by atoms with van der Waals surface area (Å²) in [5.41, 5.74) is 4.41. The second kappa shape index (κ2) is 5.36. The van der Waals surface area contributed by atoms with Crippen LogP contribution in [0.5, 0.6) is 11.5 Å². The van der Waals surface area contributed by atoms with Gasteiger partial charge in [-0.2, -0.15) is 0 Å². The highest BCUT2D eigenvalue weighted by atomic mass is 19.1. The highest BCUT2D eigenvalue weighted by Gasteiger charge is 2.37. The molecule has 0 amide bonds. The predicted octanol–water partition coefficient (Wildman–Crippen LogP) is 2.48. The van der Waals surface area contributed by atoms with E-state index < -0.39 is 5.67 Å². The van der Waals surface area contributed by atoms with Gasteiger partial charge in [-0.1, -0.05) is 13.8 Å². The minimum Gasteiger partial charge on any atom is -0.497 e. The number of alkyl halides is 1. The maximum Gasteiger partial charge on any atom is 0.154 e. The van der Waals surface area contributed by atoms with Crippen molar-refractivity contribution in [2.75, 3.05) is 20.8 Å². The Labute approximate surface area is 102 Å². The first kappa shape index (κ1) is 13.8. The van der Waals surface area contributed by atoms with Gasteiger partial charge in [-0.25, -0.2) is 4.39 Å². The fraction of sp³-hybridized carbons (Fsp3) is 0.538. The summed E-state index contributed by atoms with van der Waals surface area (Å²) in [7, 11) is 3.06. The molecule has 0 radical (unpaired) electrons. The van der Waals surface area contributed by atoms with Crippen molar-refractivity contribution in [2.24, 2.45) is 11.7 Å². The van der Waals surface area contributed by atoms with Crippen molar-refractivity contribution in [3.63, 3.8) is 0 Å². The lowest BCUT2D eigenvalue weighted by molar-refractivity contribution is 0.105. The van der Waals surface area contributed by atoms with Crippen molar-refractivity contribution >= 4 is 0 Å². The first-order valence-electron chi connectivity index (χ1n) is 5.61. The first-order chi connectivity index (χ1) is 7.99. The van der Waals surface area contributed by atoms with Gasteiger partial charge in [-0.05, 0) is 24.1 Å². The lowest BCUT2D eigenvalue weighted by atomic mass is 9.84. The van der Waals surface area contributed by atoms with E-state index in [0.717, 1.165) is 0 Å². The molecule has 1 aromatic rings. The molecule has 1 aromatic carbocycles. The summed E-state index contributed by atoms with van der Waals surface area (Å²) in [5.74, 6) is 0.845. The van der Waals surface area contributed by atoms with Gasteiger partial charge < -0.3 is 15.2 Å². The molecule has 0 aliphatic carbocycles. The molecular formula is C13H20FNO2. The van der Waals surface area contributed by atoms with Crippen molar-refractivity contribution in [2.45, 2.75) is 19.5 Å². The van der Waals surface area contributed by atoms with E-state index in [2.05, 4.69) is 0 Å². The molecule has 0 bridgehead atoms. The molecule has 0 heterocycles. The third-order valence-electron chi connectivity index (χ3n) is 3.07. The molecule has 0 spiro atoms. The quantitative estimate of drug-likeness (QED) is 0.861. The van der Waals surface area contributed by atoms with Gasteiger partial charge in [-0.15, -0.1) is 0 Å². The normalized spacial score (nSPS) is 14.5. The Morgan fingerprint density at radius 3 is 2.35 bits per heavy atom. The predicted molar refractivity (Wildman–Crippen MR) is 66.2 cm³/mol. The largest absolute Gasteiger partial charge is 0.497 e. The smallest absolute Gasteiger partial charge is 0.154 e. The number of rotatable bonds is 5. The van der Waals surface area contributed by atoms with Crippen LogP contribution in [0.3, 0.4) is 0 Å². The third kappa shape index (κ3) is 2.52. The fourth-order valence-electron chi connectivity index (χ4n) is 1.80. The average molecular weight is 241 g/mol. The Hall–Kier alpha value is -1.29. The van der Waals surface area contributed by atoms with Crippen molar-refractivity contribution in [1.29, 1.82) is 0 Å². The van der Waals surface area contributed by atoms with Crippen LogP contribution >= 0.6 is 0 Å². The molecule has 17 heavy (non-hydrogen) atoms. The molecule has 1 atom stereocenters. The number of benzene rings is 1. The Balaban J connectivity index is 3.34. The van der Waals surface area contributed by atoms with E-state index in [9.17, 15) is 4.39 Å². The SMILES string of the molecule is COc1ccc(OC)c(C(F)(CN)C(C)C)c1. The molecule has 2 N–H and O–H groups in total. The molecular weight excluding hydrogens is 221 g/mol. The van der Waals surface area contributed by atoms with Crippen LogP contribution in [0, 0.1) is 5.92 Å². The van der Waals surface area contributed by atoms with E-state index in [1.807, 2.05) is 0 Å². The first-order valence-corrected chi connectivity index (χ1v) is 5.61. The molecule has 4 heteroatoms. The number of nitrogens with two attached hydrogens (primary N) is 1. The highest BCUT2D eigenvalue weighted by molar-refractivity contribution is 5.44. The van der Waals surface area contributed by atoms with E-state index in [4.69, 9.17) is 15.2 Å². The van der Waals surface area contributed by atoms with Crippen LogP contribution < -0.4 is 15.2 Å². The number of methoxy groups -OCH3 is 2. The summed E-state index contributed by atoms with van der Waals surface area (Å²) in [6.45, 7) is 3.51. The minimum absolute atomic E-state index is 0.0891. The van der Waals surface area contributed by atoms with Gasteiger partial charge in [0.15, 0.2) is 5.67 Å². The maximum atomic E-state index is 14.9. The Morgan fingerprint density at radius 1 is 1.29 bits per heavy atom. The number of hydrogen-bond donors (Lipinski definition) is 1. The van der Waals surface area contributed by atoms with Crippen molar-refractivity contribution in [3.8, 4) is 11.5 Å². The molecule has 3 nitrogen and oxygen atoms in total. The van der Waals surface area contributed by atoms with Crippen LogP contribution in [-0.4, -0.2) is 20.8 Å². The standard InChI is InChI=1S/C13H20FNO2/c1-9(2)13(14,8-15)11-7-10(16-3)5-6-12(11)17-4/h5-7,9H,8,15H2,1-4H3. The van der Waals surface area contributed by atoms with Crippen LogP contribution in [0.4, 0.5) is 4.39 Å². The van der Waals surface area contributed by atoms with E-state index >= 15 is 0 Å². The van der Waals surface area contributed by atoms with Gasteiger partial charge >= 0.3 is 0 Å². The lowest BCUT2D eigenvalue weighted by Gasteiger charge is -2.30. The maximum absolute atomic E-state index is 14.9. The summed E-state index contributed by atoms with van der Waals surface area (Å²) in [4.78, 5) is 0. The monoisotopic (exact) mass is 241 g/mol. The summed E-state index contributed by atoms with van der Waals surface area (Å²) < 4.78 is 25.2. The van der Waals surface area contributed by atoms with Gasteiger partial charge in [0.2, 0.25) is 0 Å². The fourth-order valence-corrected chi connectivity index (χ4v) is 1.80. The molecule has 0 aromatic heterocycles. The van der Waals surface area contributed by atoms with Crippen LogP contribution in [0.1, 0.15) is 19.4 Å². The zero-order chi connectivity index (χ0) is 13.1. The van der Waals surface area contributed by atoms with Crippen molar-refractivity contribution < 1.29 is 13.9 Å². The van der Waals surface area contributed by atoms with E-state index in [0.29, 0.717) is 17.1 Å². The minimum atomic E-state index is -1.61. The Bertz CT molecular complexity index is 382. The second-order valence-electron chi connectivity index (χ2n) is 4.29. The van der Waals surface area contributed by atoms with Crippen LogP contribution in [0.2, 0.25) is 0 Å². The van der Waals surface area contributed by atoms with Crippen molar-refractivity contribution in [3.05, 3.63) is 23.8 Å². The second-order valence-corrected chi connectivity index (χ2v) is 4.29. The van der Waals surface area contributed by atoms with E-state index in [1.165, 1.54) is 7.11 Å². The number of hydrogen-bond acceptors (Lipinski definition) is 3. The van der Waals surface area contributed by atoms with Crippen LogP contribution in [0.15, 0.2) is 18.2 Å². The molecule has 0 fully saturated rings. The molecule has 1 rings (SSSR count). The zero-order valence-electron chi connectivity index (χ0n) is 10.8. The van der Waals surface area contributed by atoms with Gasteiger partial charge in [0, 0.05) is 12.1 Å².